The molecular formula is C15H9BrClFO. The topological polar surface area (TPSA) is 17.1 Å². The number of hydrogen-bond acceptors (Lipinski definition) is 1. The first-order chi connectivity index (χ1) is 9.06. The van der Waals surface area contributed by atoms with Crippen molar-refractivity contribution in [3.8, 4) is 0 Å². The van der Waals surface area contributed by atoms with Crippen molar-refractivity contribution in [2.75, 3.05) is 0 Å². The van der Waals surface area contributed by atoms with Gasteiger partial charge in [-0.15, -0.1) is 0 Å². The van der Waals surface area contributed by atoms with Gasteiger partial charge in [-0.2, -0.15) is 0 Å². The molecule has 2 aromatic carbocycles. The summed E-state index contributed by atoms with van der Waals surface area (Å²) in [5.74, 6) is -0.575. The molecule has 1 nitrogen and oxygen atoms in total. The van der Waals surface area contributed by atoms with Gasteiger partial charge < -0.3 is 0 Å². The number of halogens is 3. The maximum Gasteiger partial charge on any atom is 0.185 e. The van der Waals surface area contributed by atoms with Crippen molar-refractivity contribution < 1.29 is 9.18 Å². The van der Waals surface area contributed by atoms with Crippen LogP contribution >= 0.6 is 27.5 Å². The van der Waals surface area contributed by atoms with E-state index < -0.39 is 0 Å². The van der Waals surface area contributed by atoms with Crippen LogP contribution in [0, 0.1) is 5.82 Å². The van der Waals surface area contributed by atoms with Gasteiger partial charge in [-0.05, 0) is 48.6 Å². The van der Waals surface area contributed by atoms with Crippen LogP contribution in [0.4, 0.5) is 4.39 Å². The molecule has 0 spiro atoms. The molecule has 0 radical (unpaired) electrons. The Morgan fingerprint density at radius 1 is 1.16 bits per heavy atom. The molecule has 96 valence electrons. The Morgan fingerprint density at radius 2 is 1.84 bits per heavy atom. The summed E-state index contributed by atoms with van der Waals surface area (Å²) in [5.41, 5.74) is 0.878. The Bertz CT molecular complexity index is 635. The van der Waals surface area contributed by atoms with Crippen LogP contribution in [0.15, 0.2) is 53.0 Å². The molecule has 0 atom stereocenters. The Morgan fingerprint density at radius 3 is 2.47 bits per heavy atom. The monoisotopic (exact) mass is 338 g/mol. The lowest BCUT2D eigenvalue weighted by Gasteiger charge is -1.98. The molecule has 0 aliphatic rings. The summed E-state index contributed by atoms with van der Waals surface area (Å²) < 4.78 is 14.2. The number of ketones is 1. The second-order valence-corrected chi connectivity index (χ2v) is 5.22. The Labute approximate surface area is 123 Å². The van der Waals surface area contributed by atoms with Crippen LogP contribution < -0.4 is 0 Å². The van der Waals surface area contributed by atoms with Gasteiger partial charge >= 0.3 is 0 Å². The van der Waals surface area contributed by atoms with E-state index in [1.165, 1.54) is 18.2 Å². The van der Waals surface area contributed by atoms with Gasteiger partial charge in [-0.3, -0.25) is 4.79 Å². The number of carbonyl (C=O) groups excluding carboxylic acids is 1. The molecule has 0 heterocycles. The third-order valence-electron chi connectivity index (χ3n) is 2.51. The van der Waals surface area contributed by atoms with Crippen LogP contribution in [-0.4, -0.2) is 5.78 Å². The average molecular weight is 340 g/mol. The van der Waals surface area contributed by atoms with Gasteiger partial charge in [0.05, 0.1) is 0 Å². The van der Waals surface area contributed by atoms with Crippen LogP contribution in [0.3, 0.4) is 0 Å². The zero-order valence-electron chi connectivity index (χ0n) is 9.74. The fourth-order valence-electron chi connectivity index (χ4n) is 1.51. The summed E-state index contributed by atoms with van der Waals surface area (Å²) in [7, 11) is 0. The van der Waals surface area contributed by atoms with Crippen molar-refractivity contribution >= 4 is 39.4 Å². The van der Waals surface area contributed by atoms with Crippen molar-refractivity contribution in [2.45, 2.75) is 0 Å². The molecule has 0 amide bonds. The highest BCUT2D eigenvalue weighted by Gasteiger charge is 2.03. The predicted octanol–water partition coefficient (Wildman–Crippen LogP) is 5.14. The van der Waals surface area contributed by atoms with E-state index in [0.717, 1.165) is 0 Å². The maximum absolute atomic E-state index is 13.5. The first-order valence-electron chi connectivity index (χ1n) is 5.49. The largest absolute Gasteiger partial charge is 0.289 e. The van der Waals surface area contributed by atoms with Gasteiger partial charge in [0, 0.05) is 20.6 Å². The molecular weight excluding hydrogens is 331 g/mol. The molecule has 4 heteroatoms. The second-order valence-electron chi connectivity index (χ2n) is 3.87. The van der Waals surface area contributed by atoms with E-state index in [9.17, 15) is 9.18 Å². The zero-order valence-corrected chi connectivity index (χ0v) is 12.1. The maximum atomic E-state index is 13.5. The van der Waals surface area contributed by atoms with Crippen molar-refractivity contribution in [1.82, 2.24) is 0 Å². The lowest BCUT2D eigenvalue weighted by molar-refractivity contribution is 0.104. The number of allylic oxidation sites excluding steroid dienone is 1. The lowest BCUT2D eigenvalue weighted by Crippen LogP contribution is -1.93. The van der Waals surface area contributed by atoms with Crippen LogP contribution in [-0.2, 0) is 0 Å². The van der Waals surface area contributed by atoms with E-state index >= 15 is 0 Å². The summed E-state index contributed by atoms with van der Waals surface area (Å²) in [5, 5.41) is 0.569. The number of rotatable bonds is 3. The highest BCUT2D eigenvalue weighted by Crippen LogP contribution is 2.17. The van der Waals surface area contributed by atoms with Crippen LogP contribution in [0.5, 0.6) is 0 Å². The molecule has 0 saturated heterocycles. The van der Waals surface area contributed by atoms with Crippen LogP contribution in [0.25, 0.3) is 6.08 Å². The van der Waals surface area contributed by atoms with Crippen molar-refractivity contribution in [3.63, 3.8) is 0 Å². The van der Waals surface area contributed by atoms with Crippen molar-refractivity contribution in [2.24, 2.45) is 0 Å². The third kappa shape index (κ3) is 3.75. The van der Waals surface area contributed by atoms with Crippen molar-refractivity contribution in [3.05, 3.63) is 75.0 Å². The first-order valence-corrected chi connectivity index (χ1v) is 6.66. The van der Waals surface area contributed by atoms with E-state index in [4.69, 9.17) is 11.6 Å². The number of benzene rings is 2. The molecule has 0 bridgehead atoms. The van der Waals surface area contributed by atoms with Gasteiger partial charge in [0.25, 0.3) is 0 Å². The first kappa shape index (κ1) is 14.0. The second kappa shape index (κ2) is 6.13. The number of hydrogen-bond donors (Lipinski definition) is 0. The number of carbonyl (C=O) groups is 1. The summed E-state index contributed by atoms with van der Waals surface area (Å²) in [6.45, 7) is 0. The quantitative estimate of drug-likeness (QED) is 0.559. The fourth-order valence-corrected chi connectivity index (χ4v) is 1.97. The summed E-state index contributed by atoms with van der Waals surface area (Å²) in [6.07, 6.45) is 2.80. The minimum atomic E-state index is -0.380. The Hall–Kier alpha value is -1.45. The standard InChI is InChI=1S/C15H9BrClFO/c16-12-5-1-10(14(18)9-12)4-8-15(19)11-2-6-13(17)7-3-11/h1-9H/b8-4+. The predicted molar refractivity (Wildman–Crippen MR) is 78.9 cm³/mol. The van der Waals surface area contributed by atoms with E-state index in [0.29, 0.717) is 20.6 Å². The minimum Gasteiger partial charge on any atom is -0.289 e. The summed E-state index contributed by atoms with van der Waals surface area (Å²) in [6, 6.07) is 11.2. The van der Waals surface area contributed by atoms with Crippen LogP contribution in [0.1, 0.15) is 15.9 Å². The third-order valence-corrected chi connectivity index (χ3v) is 3.25. The van der Waals surface area contributed by atoms with Gasteiger partial charge in [-0.1, -0.05) is 33.6 Å². The average Bonchev–Trinajstić information content (AvgIpc) is 2.38. The highest BCUT2D eigenvalue weighted by molar-refractivity contribution is 9.10. The molecule has 0 unspecified atom stereocenters. The minimum absolute atomic E-state index is 0.195. The van der Waals surface area contributed by atoms with Gasteiger partial charge in [0.2, 0.25) is 0 Å². The van der Waals surface area contributed by atoms with Gasteiger partial charge in [-0.25, -0.2) is 4.39 Å². The molecule has 2 aromatic rings. The summed E-state index contributed by atoms with van der Waals surface area (Å²) >= 11 is 8.92. The fraction of sp³-hybridized carbons (Fsp3) is 0. The van der Waals surface area contributed by atoms with Gasteiger partial charge in [0.1, 0.15) is 5.82 Å². The van der Waals surface area contributed by atoms with Gasteiger partial charge in [0.15, 0.2) is 5.78 Å². The van der Waals surface area contributed by atoms with E-state index in [-0.39, 0.29) is 11.6 Å². The van der Waals surface area contributed by atoms with E-state index in [1.54, 1.807) is 36.4 Å². The van der Waals surface area contributed by atoms with E-state index in [2.05, 4.69) is 15.9 Å². The van der Waals surface area contributed by atoms with Crippen molar-refractivity contribution in [1.29, 1.82) is 0 Å². The zero-order chi connectivity index (χ0) is 13.8. The highest BCUT2D eigenvalue weighted by atomic mass is 79.9. The molecule has 0 fully saturated rings. The lowest BCUT2D eigenvalue weighted by atomic mass is 10.1. The SMILES string of the molecule is O=C(/C=C/c1ccc(Br)cc1F)c1ccc(Cl)cc1. The van der Waals surface area contributed by atoms with E-state index in [1.807, 2.05) is 0 Å². The molecule has 0 N–H and O–H groups in total. The molecule has 19 heavy (non-hydrogen) atoms. The molecule has 2 rings (SSSR count). The molecule has 0 aliphatic carbocycles. The summed E-state index contributed by atoms with van der Waals surface area (Å²) in [4.78, 5) is 11.8. The van der Waals surface area contributed by atoms with Crippen LogP contribution in [0.2, 0.25) is 5.02 Å². The Kier molecular flexibility index (Phi) is 4.51. The Balaban J connectivity index is 2.18. The molecule has 0 aliphatic heterocycles. The normalized spacial score (nSPS) is 10.9. The molecule has 0 saturated carbocycles. The molecule has 0 aromatic heterocycles. The smallest absolute Gasteiger partial charge is 0.185 e.